The van der Waals surface area contributed by atoms with Gasteiger partial charge in [0.2, 0.25) is 5.91 Å². The third-order valence-electron chi connectivity index (χ3n) is 3.34. The van der Waals surface area contributed by atoms with E-state index < -0.39 is 0 Å². The molecule has 1 aliphatic rings. The van der Waals surface area contributed by atoms with Crippen molar-refractivity contribution in [2.75, 3.05) is 6.61 Å². The van der Waals surface area contributed by atoms with Crippen LogP contribution in [0.5, 0.6) is 0 Å². The maximum absolute atomic E-state index is 11.8. The number of hydrogen-bond donors (Lipinski definition) is 1. The molecule has 0 spiro atoms. The van der Waals surface area contributed by atoms with E-state index in [2.05, 4.69) is 43.4 Å². The first-order valence-corrected chi connectivity index (χ1v) is 6.65. The summed E-state index contributed by atoms with van der Waals surface area (Å²) >= 11 is 0. The van der Waals surface area contributed by atoms with Gasteiger partial charge < -0.3 is 10.1 Å². The second kappa shape index (κ2) is 6.01. The summed E-state index contributed by atoms with van der Waals surface area (Å²) in [6.07, 6.45) is 1.60. The largest absolute Gasteiger partial charge is 0.368 e. The van der Waals surface area contributed by atoms with Gasteiger partial charge in [-0.2, -0.15) is 0 Å². The third-order valence-corrected chi connectivity index (χ3v) is 3.34. The lowest BCUT2D eigenvalue weighted by Crippen LogP contribution is -2.33. The molecule has 1 heterocycles. The maximum Gasteiger partial charge on any atom is 0.249 e. The van der Waals surface area contributed by atoms with Gasteiger partial charge in [0.1, 0.15) is 6.10 Å². The fraction of sp³-hybridized carbons (Fsp3) is 0.533. The second-order valence-corrected chi connectivity index (χ2v) is 5.12. The molecular weight excluding hydrogens is 226 g/mol. The zero-order valence-corrected chi connectivity index (χ0v) is 11.1. The first-order chi connectivity index (χ1) is 8.66. The molecule has 1 aromatic rings. The lowest BCUT2D eigenvalue weighted by atomic mass is 10.0. The molecule has 1 fully saturated rings. The van der Waals surface area contributed by atoms with Crippen molar-refractivity contribution >= 4 is 5.91 Å². The predicted octanol–water partition coefficient (Wildman–Crippen LogP) is 2.61. The van der Waals surface area contributed by atoms with E-state index in [9.17, 15) is 4.79 Å². The van der Waals surface area contributed by atoms with Crippen molar-refractivity contribution in [3.63, 3.8) is 0 Å². The Labute approximate surface area is 109 Å². The molecule has 2 rings (SSSR count). The molecular formula is C15H21NO2. The molecule has 98 valence electrons. The van der Waals surface area contributed by atoms with Gasteiger partial charge in [0.25, 0.3) is 0 Å². The average molecular weight is 247 g/mol. The second-order valence-electron chi connectivity index (χ2n) is 5.12. The number of rotatable bonds is 4. The summed E-state index contributed by atoms with van der Waals surface area (Å²) < 4.78 is 5.34. The van der Waals surface area contributed by atoms with Crippen LogP contribution >= 0.6 is 0 Å². The molecule has 1 N–H and O–H groups in total. The van der Waals surface area contributed by atoms with Crippen molar-refractivity contribution in [3.05, 3.63) is 35.4 Å². The van der Waals surface area contributed by atoms with Crippen LogP contribution in [-0.2, 0) is 16.1 Å². The van der Waals surface area contributed by atoms with Crippen LogP contribution in [-0.4, -0.2) is 18.6 Å². The van der Waals surface area contributed by atoms with Crippen LogP contribution in [0.4, 0.5) is 0 Å². The highest BCUT2D eigenvalue weighted by Crippen LogP contribution is 2.15. The lowest BCUT2D eigenvalue weighted by Gasteiger charge is -2.11. The monoisotopic (exact) mass is 247 g/mol. The molecule has 1 aliphatic heterocycles. The summed E-state index contributed by atoms with van der Waals surface area (Å²) in [4.78, 5) is 11.8. The minimum atomic E-state index is -0.236. The zero-order valence-electron chi connectivity index (χ0n) is 11.1. The smallest absolute Gasteiger partial charge is 0.249 e. The molecule has 0 aliphatic carbocycles. The maximum atomic E-state index is 11.8. The van der Waals surface area contributed by atoms with Crippen molar-refractivity contribution in [2.24, 2.45) is 0 Å². The topological polar surface area (TPSA) is 38.3 Å². The summed E-state index contributed by atoms with van der Waals surface area (Å²) in [7, 11) is 0. The Morgan fingerprint density at radius 2 is 2.11 bits per heavy atom. The van der Waals surface area contributed by atoms with Crippen molar-refractivity contribution in [2.45, 2.75) is 45.3 Å². The SMILES string of the molecule is CC(C)c1ccc(CNC(=O)C2CCCO2)cc1. The lowest BCUT2D eigenvalue weighted by molar-refractivity contribution is -0.130. The molecule has 1 unspecified atom stereocenters. The van der Waals surface area contributed by atoms with Crippen LogP contribution in [0.25, 0.3) is 0 Å². The van der Waals surface area contributed by atoms with E-state index in [1.807, 2.05) is 0 Å². The van der Waals surface area contributed by atoms with E-state index in [-0.39, 0.29) is 12.0 Å². The molecule has 0 saturated carbocycles. The number of carbonyl (C=O) groups excluding carboxylic acids is 1. The van der Waals surface area contributed by atoms with Crippen molar-refractivity contribution in [1.82, 2.24) is 5.32 Å². The van der Waals surface area contributed by atoms with Crippen LogP contribution in [0, 0.1) is 0 Å². The Hall–Kier alpha value is -1.35. The number of ether oxygens (including phenoxy) is 1. The Kier molecular flexibility index (Phi) is 4.37. The minimum Gasteiger partial charge on any atom is -0.368 e. The van der Waals surface area contributed by atoms with E-state index in [1.165, 1.54) is 5.56 Å². The van der Waals surface area contributed by atoms with E-state index in [1.54, 1.807) is 0 Å². The van der Waals surface area contributed by atoms with Gasteiger partial charge in [-0.3, -0.25) is 4.79 Å². The standard InChI is InChI=1S/C15H21NO2/c1-11(2)13-7-5-12(6-8-13)10-16-15(17)14-4-3-9-18-14/h5-8,11,14H,3-4,9-10H2,1-2H3,(H,16,17). The van der Waals surface area contributed by atoms with Crippen molar-refractivity contribution in [1.29, 1.82) is 0 Å². The van der Waals surface area contributed by atoms with Gasteiger partial charge >= 0.3 is 0 Å². The highest BCUT2D eigenvalue weighted by atomic mass is 16.5. The average Bonchev–Trinajstić information content (AvgIpc) is 2.90. The molecule has 1 amide bonds. The molecule has 0 aromatic heterocycles. The highest BCUT2D eigenvalue weighted by Gasteiger charge is 2.22. The number of nitrogens with one attached hydrogen (secondary N) is 1. The Morgan fingerprint density at radius 3 is 2.67 bits per heavy atom. The number of hydrogen-bond acceptors (Lipinski definition) is 2. The fourth-order valence-corrected chi connectivity index (χ4v) is 2.11. The van der Waals surface area contributed by atoms with Gasteiger partial charge in [-0.25, -0.2) is 0 Å². The summed E-state index contributed by atoms with van der Waals surface area (Å²) in [5.41, 5.74) is 2.45. The van der Waals surface area contributed by atoms with Gasteiger partial charge in [0.05, 0.1) is 0 Å². The van der Waals surface area contributed by atoms with Gasteiger partial charge in [0.15, 0.2) is 0 Å². The molecule has 18 heavy (non-hydrogen) atoms. The third kappa shape index (κ3) is 3.33. The highest BCUT2D eigenvalue weighted by molar-refractivity contribution is 5.80. The van der Waals surface area contributed by atoms with Gasteiger partial charge in [-0.05, 0) is 29.9 Å². The van der Waals surface area contributed by atoms with Gasteiger partial charge in [0, 0.05) is 13.2 Å². The van der Waals surface area contributed by atoms with Crippen molar-refractivity contribution in [3.8, 4) is 0 Å². The normalized spacial score (nSPS) is 19.2. The fourth-order valence-electron chi connectivity index (χ4n) is 2.11. The number of amides is 1. The molecule has 1 saturated heterocycles. The van der Waals surface area contributed by atoms with E-state index >= 15 is 0 Å². The number of carbonyl (C=O) groups is 1. The van der Waals surface area contributed by atoms with Gasteiger partial charge in [-0.15, -0.1) is 0 Å². The van der Waals surface area contributed by atoms with Crippen molar-refractivity contribution < 1.29 is 9.53 Å². The molecule has 0 radical (unpaired) electrons. The molecule has 3 heteroatoms. The van der Waals surface area contributed by atoms with Crippen LogP contribution in [0.1, 0.15) is 43.7 Å². The molecule has 3 nitrogen and oxygen atoms in total. The quantitative estimate of drug-likeness (QED) is 0.888. The van der Waals surface area contributed by atoms with Crippen LogP contribution in [0.3, 0.4) is 0 Å². The summed E-state index contributed by atoms with van der Waals surface area (Å²) in [5, 5.41) is 2.93. The Balaban J connectivity index is 1.84. The summed E-state index contributed by atoms with van der Waals surface area (Å²) in [6, 6.07) is 8.40. The number of benzene rings is 1. The first kappa shape index (κ1) is 13.1. The summed E-state index contributed by atoms with van der Waals surface area (Å²) in [6.45, 7) is 5.64. The van der Waals surface area contributed by atoms with Crippen LogP contribution in [0.15, 0.2) is 24.3 Å². The minimum absolute atomic E-state index is 0.0143. The zero-order chi connectivity index (χ0) is 13.0. The van der Waals surface area contributed by atoms with Crippen LogP contribution in [0.2, 0.25) is 0 Å². The molecule has 1 atom stereocenters. The summed E-state index contributed by atoms with van der Waals surface area (Å²) in [5.74, 6) is 0.556. The first-order valence-electron chi connectivity index (χ1n) is 6.65. The molecule has 0 bridgehead atoms. The van der Waals surface area contributed by atoms with Crippen LogP contribution < -0.4 is 5.32 Å². The van der Waals surface area contributed by atoms with Gasteiger partial charge in [-0.1, -0.05) is 38.1 Å². The van der Waals surface area contributed by atoms with E-state index in [0.717, 1.165) is 18.4 Å². The molecule has 1 aromatic carbocycles. The van der Waals surface area contributed by atoms with E-state index in [4.69, 9.17) is 4.74 Å². The Bertz CT molecular complexity index is 391. The van der Waals surface area contributed by atoms with E-state index in [0.29, 0.717) is 19.1 Å². The Morgan fingerprint density at radius 1 is 1.39 bits per heavy atom. The predicted molar refractivity (Wildman–Crippen MR) is 71.4 cm³/mol.